The third kappa shape index (κ3) is 3.02. The van der Waals surface area contributed by atoms with Gasteiger partial charge in [0.1, 0.15) is 13.1 Å². The molecule has 0 amide bonds. The zero-order valence-electron chi connectivity index (χ0n) is 12.4. The summed E-state index contributed by atoms with van der Waals surface area (Å²) in [5, 5.41) is 8.39. The molecule has 8 heteroatoms. The molecule has 0 spiro atoms. The molecule has 0 aromatic carbocycles. The smallest absolute Gasteiger partial charge is 0.184 e. The first-order valence-electron chi connectivity index (χ1n) is 6.88. The molecule has 6 nitrogen and oxygen atoms in total. The van der Waals surface area contributed by atoms with Crippen LogP contribution in [0.3, 0.4) is 0 Å². The molecule has 3 aromatic rings. The van der Waals surface area contributed by atoms with Crippen LogP contribution in [0.25, 0.3) is 16.7 Å². The highest BCUT2D eigenvalue weighted by atomic mass is 79.9. The molecular formula is C13H18BrN5OSi. The second-order valence-electron chi connectivity index (χ2n) is 6.27. The van der Waals surface area contributed by atoms with Crippen molar-refractivity contribution in [3.8, 4) is 0 Å². The number of aromatic nitrogens is 5. The van der Waals surface area contributed by atoms with Crippen LogP contribution in [0, 0.1) is 0 Å². The van der Waals surface area contributed by atoms with Crippen molar-refractivity contribution in [2.45, 2.75) is 32.4 Å². The Balaban J connectivity index is 1.81. The molecular weight excluding hydrogens is 350 g/mol. The first kappa shape index (κ1) is 14.7. The SMILES string of the molecule is C[Si](C)(C)CCOCn1nnc2c1ncn1ccc(Br)c21. The van der Waals surface area contributed by atoms with Crippen LogP contribution >= 0.6 is 15.9 Å². The van der Waals surface area contributed by atoms with Gasteiger partial charge in [-0.3, -0.25) is 0 Å². The van der Waals surface area contributed by atoms with Crippen molar-refractivity contribution < 1.29 is 4.74 Å². The minimum Gasteiger partial charge on any atom is -0.359 e. The molecule has 3 heterocycles. The van der Waals surface area contributed by atoms with Gasteiger partial charge >= 0.3 is 0 Å². The van der Waals surface area contributed by atoms with Crippen LogP contribution in [-0.2, 0) is 11.5 Å². The van der Waals surface area contributed by atoms with Gasteiger partial charge in [-0.05, 0) is 28.0 Å². The largest absolute Gasteiger partial charge is 0.359 e. The third-order valence-electron chi connectivity index (χ3n) is 3.31. The lowest BCUT2D eigenvalue weighted by atomic mass is 10.4. The Morgan fingerprint density at radius 3 is 2.90 bits per heavy atom. The number of halogens is 1. The van der Waals surface area contributed by atoms with Crippen LogP contribution < -0.4 is 0 Å². The summed E-state index contributed by atoms with van der Waals surface area (Å²) >= 11 is 3.53. The van der Waals surface area contributed by atoms with Gasteiger partial charge < -0.3 is 9.14 Å². The minimum absolute atomic E-state index is 0.391. The molecule has 0 aliphatic rings. The van der Waals surface area contributed by atoms with E-state index < -0.39 is 8.07 Å². The summed E-state index contributed by atoms with van der Waals surface area (Å²) in [7, 11) is -1.06. The molecule has 0 atom stereocenters. The molecule has 0 aliphatic heterocycles. The normalized spacial score (nSPS) is 12.6. The quantitative estimate of drug-likeness (QED) is 0.513. The summed E-state index contributed by atoms with van der Waals surface area (Å²) in [6.07, 6.45) is 3.71. The van der Waals surface area contributed by atoms with E-state index in [2.05, 4.69) is 50.9 Å². The summed E-state index contributed by atoms with van der Waals surface area (Å²) in [6, 6.07) is 3.11. The van der Waals surface area contributed by atoms with Gasteiger partial charge in [-0.15, -0.1) is 5.10 Å². The zero-order chi connectivity index (χ0) is 15.0. The lowest BCUT2D eigenvalue weighted by Crippen LogP contribution is -2.22. The van der Waals surface area contributed by atoms with Gasteiger partial charge in [0.2, 0.25) is 0 Å². The fraction of sp³-hybridized carbons (Fsp3) is 0.462. The molecule has 0 radical (unpaired) electrons. The van der Waals surface area contributed by atoms with Crippen LogP contribution in [0.5, 0.6) is 0 Å². The summed E-state index contributed by atoms with van der Waals surface area (Å²) in [5.74, 6) is 0. The van der Waals surface area contributed by atoms with Crippen LogP contribution in [-0.4, -0.2) is 39.1 Å². The van der Waals surface area contributed by atoms with Gasteiger partial charge in [0, 0.05) is 25.4 Å². The molecule has 21 heavy (non-hydrogen) atoms. The Bertz CT molecular complexity index is 776. The molecule has 3 aromatic heterocycles. The fourth-order valence-electron chi connectivity index (χ4n) is 2.08. The average molecular weight is 368 g/mol. The number of fused-ring (bicyclic) bond motifs is 3. The van der Waals surface area contributed by atoms with Crippen LogP contribution in [0.1, 0.15) is 0 Å². The Morgan fingerprint density at radius 1 is 1.33 bits per heavy atom. The Hall–Kier alpha value is -1.25. The maximum Gasteiger partial charge on any atom is 0.184 e. The minimum atomic E-state index is -1.06. The Labute approximate surface area is 132 Å². The molecule has 0 unspecified atom stereocenters. The molecule has 0 saturated carbocycles. The van der Waals surface area contributed by atoms with Gasteiger partial charge in [0.15, 0.2) is 11.2 Å². The number of hydrogen-bond donors (Lipinski definition) is 0. The molecule has 3 rings (SSSR count). The van der Waals surface area contributed by atoms with E-state index in [1.165, 1.54) is 0 Å². The predicted molar refractivity (Wildman–Crippen MR) is 88.1 cm³/mol. The lowest BCUT2D eigenvalue weighted by Gasteiger charge is -2.15. The fourth-order valence-corrected chi connectivity index (χ4v) is 3.34. The first-order valence-corrected chi connectivity index (χ1v) is 11.4. The lowest BCUT2D eigenvalue weighted by molar-refractivity contribution is 0.0798. The van der Waals surface area contributed by atoms with E-state index in [1.807, 2.05) is 16.7 Å². The van der Waals surface area contributed by atoms with Crippen molar-refractivity contribution in [1.82, 2.24) is 24.4 Å². The van der Waals surface area contributed by atoms with Crippen LogP contribution in [0.4, 0.5) is 0 Å². The molecule has 112 valence electrons. The zero-order valence-corrected chi connectivity index (χ0v) is 15.0. The van der Waals surface area contributed by atoms with E-state index in [9.17, 15) is 0 Å². The number of rotatable bonds is 5. The van der Waals surface area contributed by atoms with E-state index in [0.717, 1.165) is 33.8 Å². The van der Waals surface area contributed by atoms with E-state index in [-0.39, 0.29) is 0 Å². The van der Waals surface area contributed by atoms with Gasteiger partial charge in [0.05, 0.1) is 5.52 Å². The topological polar surface area (TPSA) is 57.2 Å². The molecule has 0 N–H and O–H groups in total. The summed E-state index contributed by atoms with van der Waals surface area (Å²) in [4.78, 5) is 4.42. The van der Waals surface area contributed by atoms with Crippen molar-refractivity contribution in [1.29, 1.82) is 0 Å². The van der Waals surface area contributed by atoms with Gasteiger partial charge in [-0.25, -0.2) is 9.67 Å². The molecule has 0 bridgehead atoms. The maximum absolute atomic E-state index is 5.72. The van der Waals surface area contributed by atoms with Crippen molar-refractivity contribution in [3.05, 3.63) is 23.1 Å². The van der Waals surface area contributed by atoms with E-state index in [4.69, 9.17) is 4.74 Å². The van der Waals surface area contributed by atoms with E-state index >= 15 is 0 Å². The highest BCUT2D eigenvalue weighted by Crippen LogP contribution is 2.24. The van der Waals surface area contributed by atoms with Crippen molar-refractivity contribution >= 4 is 40.7 Å². The van der Waals surface area contributed by atoms with E-state index in [1.54, 1.807) is 11.0 Å². The maximum atomic E-state index is 5.72. The highest BCUT2D eigenvalue weighted by Gasteiger charge is 2.14. The first-order chi connectivity index (χ1) is 9.96. The molecule has 0 aliphatic carbocycles. The summed E-state index contributed by atoms with van der Waals surface area (Å²) in [5.41, 5.74) is 2.51. The van der Waals surface area contributed by atoms with Crippen molar-refractivity contribution in [3.63, 3.8) is 0 Å². The predicted octanol–water partition coefficient (Wildman–Crippen LogP) is 3.15. The summed E-state index contributed by atoms with van der Waals surface area (Å²) < 4.78 is 10.3. The average Bonchev–Trinajstić information content (AvgIpc) is 2.98. The number of nitrogens with zero attached hydrogens (tertiary/aromatic N) is 5. The van der Waals surface area contributed by atoms with Crippen molar-refractivity contribution in [2.24, 2.45) is 0 Å². The third-order valence-corrected chi connectivity index (χ3v) is 5.66. The second kappa shape index (κ2) is 5.51. The van der Waals surface area contributed by atoms with Gasteiger partial charge in [0.25, 0.3) is 0 Å². The highest BCUT2D eigenvalue weighted by molar-refractivity contribution is 9.10. The van der Waals surface area contributed by atoms with Crippen molar-refractivity contribution in [2.75, 3.05) is 6.61 Å². The molecule has 0 fully saturated rings. The van der Waals surface area contributed by atoms with Gasteiger partial charge in [-0.1, -0.05) is 24.9 Å². The van der Waals surface area contributed by atoms with E-state index in [0.29, 0.717) is 6.73 Å². The van der Waals surface area contributed by atoms with Gasteiger partial charge in [-0.2, -0.15) is 0 Å². The Morgan fingerprint density at radius 2 is 2.14 bits per heavy atom. The Kier molecular flexibility index (Phi) is 3.85. The van der Waals surface area contributed by atoms with Crippen LogP contribution in [0.15, 0.2) is 23.1 Å². The second-order valence-corrected chi connectivity index (χ2v) is 12.7. The number of hydrogen-bond acceptors (Lipinski definition) is 4. The number of ether oxygens (including phenoxy) is 1. The monoisotopic (exact) mass is 367 g/mol. The van der Waals surface area contributed by atoms with Crippen LogP contribution in [0.2, 0.25) is 25.7 Å². The standard InChI is InChI=1S/C13H18BrN5OSi/c1-21(2,3)7-6-20-9-19-13-11(16-17-19)12-10(14)4-5-18(12)8-15-13/h4-5,8H,6-7,9H2,1-3H3. The molecule has 0 saturated heterocycles. The summed E-state index contributed by atoms with van der Waals surface area (Å²) in [6.45, 7) is 8.16.